The molecule has 0 saturated carbocycles. The molecule has 2 aromatic heterocycles. The SMILES string of the molecule is COC(=O)c1ccc(CN(C)Cc2nnc(SCc3cccnc3)n2-c2cccc(OC)c2)cc1. The zero-order valence-electron chi connectivity index (χ0n) is 19.9. The second-order valence-electron chi connectivity index (χ2n) is 7.95. The van der Waals surface area contributed by atoms with E-state index >= 15 is 0 Å². The number of aromatic nitrogens is 4. The zero-order chi connectivity index (χ0) is 24.6. The Morgan fingerprint density at radius 3 is 2.54 bits per heavy atom. The van der Waals surface area contributed by atoms with Crippen molar-refractivity contribution in [3.63, 3.8) is 0 Å². The van der Waals surface area contributed by atoms with E-state index in [1.54, 1.807) is 37.2 Å². The Hall–Kier alpha value is -3.69. The van der Waals surface area contributed by atoms with Gasteiger partial charge in [0.2, 0.25) is 0 Å². The van der Waals surface area contributed by atoms with Crippen molar-refractivity contribution in [3.05, 3.63) is 95.6 Å². The summed E-state index contributed by atoms with van der Waals surface area (Å²) in [5.41, 5.74) is 3.67. The third kappa shape index (κ3) is 6.26. The number of hydrogen-bond acceptors (Lipinski definition) is 8. The summed E-state index contributed by atoms with van der Waals surface area (Å²) in [6.07, 6.45) is 3.63. The van der Waals surface area contributed by atoms with Crippen LogP contribution in [0.25, 0.3) is 5.69 Å². The second-order valence-corrected chi connectivity index (χ2v) is 8.89. The van der Waals surface area contributed by atoms with E-state index in [0.717, 1.165) is 39.3 Å². The molecule has 0 amide bonds. The molecule has 0 aliphatic carbocycles. The lowest BCUT2D eigenvalue weighted by molar-refractivity contribution is 0.0600. The number of benzene rings is 2. The lowest BCUT2D eigenvalue weighted by Crippen LogP contribution is -2.20. The van der Waals surface area contributed by atoms with Gasteiger partial charge in [0.15, 0.2) is 11.0 Å². The quantitative estimate of drug-likeness (QED) is 0.240. The standard InChI is InChI=1S/C26H27N5O3S/c1-30(16-19-9-11-21(12-10-19)25(32)34-3)17-24-28-29-26(35-18-20-6-5-13-27-15-20)31(24)22-7-4-8-23(14-22)33-2/h4-15H,16-18H2,1-3H3. The fourth-order valence-electron chi connectivity index (χ4n) is 3.61. The smallest absolute Gasteiger partial charge is 0.337 e. The Kier molecular flexibility index (Phi) is 8.12. The second kappa shape index (κ2) is 11.6. The Labute approximate surface area is 208 Å². The van der Waals surface area contributed by atoms with E-state index < -0.39 is 0 Å². The van der Waals surface area contributed by atoms with E-state index in [9.17, 15) is 4.79 Å². The largest absolute Gasteiger partial charge is 0.497 e. The molecule has 0 atom stereocenters. The van der Waals surface area contributed by atoms with Crippen LogP contribution in [0.15, 0.2) is 78.2 Å². The lowest BCUT2D eigenvalue weighted by Gasteiger charge is -2.18. The van der Waals surface area contributed by atoms with E-state index in [4.69, 9.17) is 9.47 Å². The van der Waals surface area contributed by atoms with Gasteiger partial charge in [0.1, 0.15) is 5.75 Å². The Morgan fingerprint density at radius 1 is 1.00 bits per heavy atom. The normalized spacial score (nSPS) is 11.0. The molecule has 0 aliphatic rings. The van der Waals surface area contributed by atoms with Gasteiger partial charge in [-0.15, -0.1) is 10.2 Å². The lowest BCUT2D eigenvalue weighted by atomic mass is 10.1. The molecule has 9 heteroatoms. The van der Waals surface area contributed by atoms with Gasteiger partial charge in [-0.1, -0.05) is 36.0 Å². The Bertz CT molecular complexity index is 1260. The van der Waals surface area contributed by atoms with Gasteiger partial charge in [-0.3, -0.25) is 14.5 Å². The fraction of sp³-hybridized carbons (Fsp3) is 0.231. The van der Waals surface area contributed by atoms with E-state index in [1.165, 1.54) is 7.11 Å². The van der Waals surface area contributed by atoms with Crippen molar-refractivity contribution in [1.82, 2.24) is 24.6 Å². The van der Waals surface area contributed by atoms with Crippen LogP contribution in [-0.2, 0) is 23.6 Å². The maximum absolute atomic E-state index is 11.7. The Balaban J connectivity index is 1.55. The molecule has 8 nitrogen and oxygen atoms in total. The van der Waals surface area contributed by atoms with Crippen LogP contribution in [-0.4, -0.2) is 51.9 Å². The van der Waals surface area contributed by atoms with Gasteiger partial charge in [0.05, 0.1) is 32.0 Å². The van der Waals surface area contributed by atoms with Crippen LogP contribution < -0.4 is 4.74 Å². The highest BCUT2D eigenvalue weighted by Crippen LogP contribution is 2.27. The molecule has 180 valence electrons. The molecule has 4 aromatic rings. The number of esters is 1. The average molecular weight is 490 g/mol. The number of thioether (sulfide) groups is 1. The van der Waals surface area contributed by atoms with E-state index in [-0.39, 0.29) is 5.97 Å². The molecule has 0 radical (unpaired) electrons. The van der Waals surface area contributed by atoms with Gasteiger partial charge >= 0.3 is 5.97 Å². The van der Waals surface area contributed by atoms with Crippen LogP contribution >= 0.6 is 11.8 Å². The third-order valence-electron chi connectivity index (χ3n) is 5.34. The van der Waals surface area contributed by atoms with Crippen molar-refractivity contribution in [3.8, 4) is 11.4 Å². The van der Waals surface area contributed by atoms with Crippen molar-refractivity contribution in [2.24, 2.45) is 0 Å². The topological polar surface area (TPSA) is 82.4 Å². The van der Waals surface area contributed by atoms with Crippen molar-refractivity contribution >= 4 is 17.7 Å². The van der Waals surface area contributed by atoms with Gasteiger partial charge < -0.3 is 9.47 Å². The molecule has 4 rings (SSSR count). The number of carbonyl (C=O) groups excluding carboxylic acids is 1. The summed E-state index contributed by atoms with van der Waals surface area (Å²) in [5.74, 6) is 1.98. The number of carbonyl (C=O) groups is 1. The number of methoxy groups -OCH3 is 2. The molecule has 0 aliphatic heterocycles. The van der Waals surface area contributed by atoms with Gasteiger partial charge in [-0.05, 0) is 48.5 Å². The summed E-state index contributed by atoms with van der Waals surface area (Å²) in [6.45, 7) is 1.26. The molecule has 0 bridgehead atoms. The van der Waals surface area contributed by atoms with Gasteiger partial charge in [-0.25, -0.2) is 4.79 Å². The molecule has 35 heavy (non-hydrogen) atoms. The highest BCUT2D eigenvalue weighted by molar-refractivity contribution is 7.98. The number of pyridine rings is 1. The first-order valence-electron chi connectivity index (χ1n) is 11.0. The zero-order valence-corrected chi connectivity index (χ0v) is 20.7. The monoisotopic (exact) mass is 489 g/mol. The van der Waals surface area contributed by atoms with Crippen molar-refractivity contribution in [2.45, 2.75) is 24.0 Å². The van der Waals surface area contributed by atoms with Gasteiger partial charge in [0.25, 0.3) is 0 Å². The third-order valence-corrected chi connectivity index (χ3v) is 6.34. The number of ether oxygens (including phenoxy) is 2. The minimum Gasteiger partial charge on any atom is -0.497 e. The van der Waals surface area contributed by atoms with Crippen molar-refractivity contribution < 1.29 is 14.3 Å². The maximum Gasteiger partial charge on any atom is 0.337 e. The van der Waals surface area contributed by atoms with Crippen molar-refractivity contribution in [1.29, 1.82) is 0 Å². The predicted molar refractivity (Wildman–Crippen MR) is 135 cm³/mol. The molecule has 0 spiro atoms. The first-order valence-corrected chi connectivity index (χ1v) is 12.0. The van der Waals surface area contributed by atoms with Crippen LogP contribution in [0.4, 0.5) is 0 Å². The number of nitrogens with zero attached hydrogens (tertiary/aromatic N) is 5. The summed E-state index contributed by atoms with van der Waals surface area (Å²) in [4.78, 5) is 18.0. The number of rotatable bonds is 10. The van der Waals surface area contributed by atoms with E-state index in [0.29, 0.717) is 18.7 Å². The predicted octanol–water partition coefficient (Wildman–Crippen LogP) is 4.38. The van der Waals surface area contributed by atoms with Crippen LogP contribution in [0, 0.1) is 0 Å². The van der Waals surface area contributed by atoms with Crippen LogP contribution in [0.5, 0.6) is 5.75 Å². The fourth-order valence-corrected chi connectivity index (χ4v) is 4.51. The maximum atomic E-state index is 11.7. The molecular formula is C26H27N5O3S. The summed E-state index contributed by atoms with van der Waals surface area (Å²) in [7, 11) is 5.07. The molecule has 2 aromatic carbocycles. The summed E-state index contributed by atoms with van der Waals surface area (Å²) < 4.78 is 12.3. The Morgan fingerprint density at radius 2 is 1.83 bits per heavy atom. The van der Waals surface area contributed by atoms with Gasteiger partial charge in [-0.2, -0.15) is 0 Å². The number of hydrogen-bond donors (Lipinski definition) is 0. The summed E-state index contributed by atoms with van der Waals surface area (Å²) >= 11 is 1.61. The average Bonchev–Trinajstić information content (AvgIpc) is 3.30. The first-order chi connectivity index (χ1) is 17.1. The minimum absolute atomic E-state index is 0.340. The molecule has 2 heterocycles. The first kappa shape index (κ1) is 24.4. The van der Waals surface area contributed by atoms with Crippen molar-refractivity contribution in [2.75, 3.05) is 21.3 Å². The van der Waals surface area contributed by atoms with Crippen LogP contribution in [0.2, 0.25) is 0 Å². The summed E-state index contributed by atoms with van der Waals surface area (Å²) in [5, 5.41) is 9.82. The molecular weight excluding hydrogens is 462 g/mol. The highest BCUT2D eigenvalue weighted by atomic mass is 32.2. The molecule has 0 unspecified atom stereocenters. The minimum atomic E-state index is -0.340. The molecule has 0 N–H and O–H groups in total. The van der Waals surface area contributed by atoms with E-state index in [2.05, 4.69) is 24.6 Å². The highest BCUT2D eigenvalue weighted by Gasteiger charge is 2.17. The van der Waals surface area contributed by atoms with E-state index in [1.807, 2.05) is 61.8 Å². The summed E-state index contributed by atoms with van der Waals surface area (Å²) in [6, 6.07) is 19.3. The van der Waals surface area contributed by atoms with Crippen LogP contribution in [0.3, 0.4) is 0 Å². The molecule has 0 saturated heterocycles. The molecule has 0 fully saturated rings. The van der Waals surface area contributed by atoms with Crippen LogP contribution in [0.1, 0.15) is 27.3 Å². The van der Waals surface area contributed by atoms with Gasteiger partial charge in [0, 0.05) is 30.8 Å².